The molecule has 3 unspecified atom stereocenters. The van der Waals surface area contributed by atoms with Gasteiger partial charge in [-0.15, -0.1) is 0 Å². The molecule has 0 radical (unpaired) electrons. The minimum Gasteiger partial charge on any atom is -0.0623 e. The van der Waals surface area contributed by atoms with Gasteiger partial charge in [-0.05, 0) is 48.9 Å². The van der Waals surface area contributed by atoms with Crippen molar-refractivity contribution in [3.8, 4) is 0 Å². The molecule has 0 N–H and O–H groups in total. The van der Waals surface area contributed by atoms with Gasteiger partial charge in [0.15, 0.2) is 0 Å². The van der Waals surface area contributed by atoms with Crippen molar-refractivity contribution in [3.05, 3.63) is 0 Å². The van der Waals surface area contributed by atoms with Crippen LogP contribution in [0, 0.1) is 23.2 Å². The van der Waals surface area contributed by atoms with Gasteiger partial charge in [-0.2, -0.15) is 0 Å². The Kier molecular flexibility index (Phi) is 2.91. The summed E-state index contributed by atoms with van der Waals surface area (Å²) in [4.78, 5) is 0. The molecular formula is C14H26. The third-order valence-corrected chi connectivity index (χ3v) is 5.16. The number of rotatable bonds is 1. The molecule has 2 rings (SSSR count). The first-order valence-corrected chi connectivity index (χ1v) is 6.60. The van der Waals surface area contributed by atoms with Crippen molar-refractivity contribution in [3.63, 3.8) is 0 Å². The van der Waals surface area contributed by atoms with Crippen LogP contribution >= 0.6 is 0 Å². The fourth-order valence-corrected chi connectivity index (χ4v) is 3.67. The minimum atomic E-state index is 0.657. The van der Waals surface area contributed by atoms with E-state index in [2.05, 4.69) is 20.8 Å². The number of hydrogen-bond donors (Lipinski definition) is 0. The Balaban J connectivity index is 2.09. The maximum Gasteiger partial charge on any atom is -0.0300 e. The molecule has 0 aliphatic heterocycles. The highest BCUT2D eigenvalue weighted by molar-refractivity contribution is 4.88. The van der Waals surface area contributed by atoms with Crippen molar-refractivity contribution in [2.24, 2.45) is 23.2 Å². The molecule has 2 saturated carbocycles. The Morgan fingerprint density at radius 3 is 2.50 bits per heavy atom. The lowest BCUT2D eigenvalue weighted by Gasteiger charge is -2.35. The molecule has 82 valence electrons. The van der Waals surface area contributed by atoms with E-state index in [0.717, 1.165) is 17.8 Å². The maximum atomic E-state index is 2.54. The average Bonchev–Trinajstić information content (AvgIpc) is 2.25. The van der Waals surface area contributed by atoms with Gasteiger partial charge >= 0.3 is 0 Å². The summed E-state index contributed by atoms with van der Waals surface area (Å²) in [5.41, 5.74) is 0.657. The van der Waals surface area contributed by atoms with Crippen molar-refractivity contribution < 1.29 is 0 Å². The second-order valence-electron chi connectivity index (χ2n) is 6.45. The molecule has 3 atom stereocenters. The van der Waals surface area contributed by atoms with Crippen molar-refractivity contribution in [2.75, 3.05) is 0 Å². The first-order valence-electron chi connectivity index (χ1n) is 6.60. The third-order valence-electron chi connectivity index (χ3n) is 5.16. The summed E-state index contributed by atoms with van der Waals surface area (Å²) in [7, 11) is 0. The zero-order valence-electron chi connectivity index (χ0n) is 10.2. The molecule has 0 aromatic rings. The molecule has 0 amide bonds. The van der Waals surface area contributed by atoms with Crippen molar-refractivity contribution in [2.45, 2.75) is 65.7 Å². The minimum absolute atomic E-state index is 0.657. The summed E-state index contributed by atoms with van der Waals surface area (Å²) in [6, 6.07) is 0. The van der Waals surface area contributed by atoms with Gasteiger partial charge in [-0.1, -0.05) is 40.0 Å². The highest BCUT2D eigenvalue weighted by Gasteiger charge is 2.37. The van der Waals surface area contributed by atoms with Crippen molar-refractivity contribution in [1.29, 1.82) is 0 Å². The molecule has 0 aromatic heterocycles. The zero-order valence-corrected chi connectivity index (χ0v) is 10.2. The van der Waals surface area contributed by atoms with Crippen molar-refractivity contribution in [1.82, 2.24) is 0 Å². The van der Waals surface area contributed by atoms with E-state index >= 15 is 0 Å². The second-order valence-corrected chi connectivity index (χ2v) is 6.45. The molecular weight excluding hydrogens is 168 g/mol. The largest absolute Gasteiger partial charge is 0.0623 e. The molecule has 0 nitrogen and oxygen atoms in total. The predicted molar refractivity (Wildman–Crippen MR) is 62.2 cm³/mol. The number of hydrogen-bond acceptors (Lipinski definition) is 0. The van der Waals surface area contributed by atoms with Crippen LogP contribution in [0.2, 0.25) is 0 Å². The quantitative estimate of drug-likeness (QED) is 0.570. The van der Waals surface area contributed by atoms with E-state index < -0.39 is 0 Å². The Morgan fingerprint density at radius 1 is 1.07 bits per heavy atom. The lowest BCUT2D eigenvalue weighted by atomic mass is 9.70. The second kappa shape index (κ2) is 3.87. The molecule has 0 spiro atoms. The van der Waals surface area contributed by atoms with Crippen molar-refractivity contribution >= 4 is 0 Å². The van der Waals surface area contributed by atoms with Crippen LogP contribution < -0.4 is 0 Å². The molecule has 0 aromatic carbocycles. The van der Waals surface area contributed by atoms with Gasteiger partial charge in [0, 0.05) is 0 Å². The Labute approximate surface area is 89.5 Å². The predicted octanol–water partition coefficient (Wildman–Crippen LogP) is 4.64. The fourth-order valence-electron chi connectivity index (χ4n) is 3.67. The fraction of sp³-hybridized carbons (Fsp3) is 1.00. The molecule has 0 saturated heterocycles. The maximum absolute atomic E-state index is 2.54. The van der Waals surface area contributed by atoms with E-state index in [1.54, 1.807) is 6.42 Å². The van der Waals surface area contributed by atoms with Crippen LogP contribution in [0.25, 0.3) is 0 Å². The van der Waals surface area contributed by atoms with Gasteiger partial charge in [0.2, 0.25) is 0 Å². The average molecular weight is 194 g/mol. The van der Waals surface area contributed by atoms with Crippen LogP contribution in [-0.2, 0) is 0 Å². The SMILES string of the molecule is CC(C)C1(C)CCC2CCCC(C2)C1. The molecule has 2 bridgehead atoms. The Morgan fingerprint density at radius 2 is 1.79 bits per heavy atom. The van der Waals surface area contributed by atoms with Crippen LogP contribution in [0.1, 0.15) is 65.7 Å². The Hall–Kier alpha value is 0. The normalized spacial score (nSPS) is 43.7. The first-order chi connectivity index (χ1) is 6.60. The van der Waals surface area contributed by atoms with Gasteiger partial charge < -0.3 is 0 Å². The van der Waals surface area contributed by atoms with Crippen LogP contribution in [0.15, 0.2) is 0 Å². The van der Waals surface area contributed by atoms with E-state index in [-0.39, 0.29) is 0 Å². The first kappa shape index (κ1) is 10.5. The topological polar surface area (TPSA) is 0 Å². The summed E-state index contributed by atoms with van der Waals surface area (Å²) in [6.45, 7) is 7.39. The summed E-state index contributed by atoms with van der Waals surface area (Å²) in [5, 5.41) is 0. The monoisotopic (exact) mass is 194 g/mol. The molecule has 2 aliphatic rings. The zero-order chi connectivity index (χ0) is 10.2. The van der Waals surface area contributed by atoms with E-state index in [0.29, 0.717) is 5.41 Å². The number of fused-ring (bicyclic) bond motifs is 2. The van der Waals surface area contributed by atoms with Gasteiger partial charge in [-0.3, -0.25) is 0 Å². The summed E-state index contributed by atoms with van der Waals surface area (Å²) < 4.78 is 0. The van der Waals surface area contributed by atoms with E-state index in [4.69, 9.17) is 0 Å². The van der Waals surface area contributed by atoms with Crippen LogP contribution in [0.5, 0.6) is 0 Å². The van der Waals surface area contributed by atoms with Gasteiger partial charge in [0.05, 0.1) is 0 Å². The molecule has 0 heteroatoms. The molecule has 14 heavy (non-hydrogen) atoms. The van der Waals surface area contributed by atoms with Crippen LogP contribution in [0.3, 0.4) is 0 Å². The standard InChI is InChI=1S/C14H26/c1-11(2)14(3)8-7-12-5-4-6-13(9-12)10-14/h11-13H,4-10H2,1-3H3. The van der Waals surface area contributed by atoms with E-state index in [1.807, 2.05) is 0 Å². The molecule has 2 fully saturated rings. The lowest BCUT2D eigenvalue weighted by molar-refractivity contribution is 0.154. The van der Waals surface area contributed by atoms with Gasteiger partial charge in [-0.25, -0.2) is 0 Å². The van der Waals surface area contributed by atoms with E-state index in [1.165, 1.54) is 38.5 Å². The lowest BCUT2D eigenvalue weighted by Crippen LogP contribution is -2.25. The van der Waals surface area contributed by atoms with Gasteiger partial charge in [0.1, 0.15) is 0 Å². The Bertz CT molecular complexity index is 194. The summed E-state index contributed by atoms with van der Waals surface area (Å²) >= 11 is 0. The van der Waals surface area contributed by atoms with E-state index in [9.17, 15) is 0 Å². The highest BCUT2D eigenvalue weighted by Crippen LogP contribution is 2.48. The van der Waals surface area contributed by atoms with Crippen LogP contribution in [0.4, 0.5) is 0 Å². The highest BCUT2D eigenvalue weighted by atomic mass is 14.4. The molecule has 0 heterocycles. The third kappa shape index (κ3) is 1.99. The summed E-state index contributed by atoms with van der Waals surface area (Å²) in [6.07, 6.45) is 10.7. The summed E-state index contributed by atoms with van der Waals surface area (Å²) in [5.74, 6) is 3.04. The molecule has 2 aliphatic carbocycles. The van der Waals surface area contributed by atoms with Crippen LogP contribution in [-0.4, -0.2) is 0 Å². The van der Waals surface area contributed by atoms with Gasteiger partial charge in [0.25, 0.3) is 0 Å². The smallest absolute Gasteiger partial charge is 0.0300 e.